The number of hydrogen-bond donors (Lipinski definition) is 2. The lowest BCUT2D eigenvalue weighted by Crippen LogP contribution is -2.39. The second-order valence-electron chi connectivity index (χ2n) is 8.16. The Morgan fingerprint density at radius 1 is 1.16 bits per heavy atom. The molecule has 0 spiro atoms. The van der Waals surface area contributed by atoms with Gasteiger partial charge < -0.3 is 10.6 Å². The van der Waals surface area contributed by atoms with Crippen LogP contribution in [0.4, 0.5) is 5.69 Å². The van der Waals surface area contributed by atoms with E-state index in [0.717, 1.165) is 12.8 Å². The molecule has 2 aromatic carbocycles. The molecule has 1 fully saturated rings. The first-order chi connectivity index (χ1) is 15.2. The van der Waals surface area contributed by atoms with Crippen LogP contribution in [0.1, 0.15) is 44.7 Å². The van der Waals surface area contributed by atoms with Crippen LogP contribution in [0.25, 0.3) is 0 Å². The third kappa shape index (κ3) is 6.09. The highest BCUT2D eigenvalue weighted by molar-refractivity contribution is 7.89. The van der Waals surface area contributed by atoms with Gasteiger partial charge in [-0.25, -0.2) is 8.42 Å². The molecule has 3 rings (SSSR count). The van der Waals surface area contributed by atoms with Gasteiger partial charge in [0, 0.05) is 30.7 Å². The van der Waals surface area contributed by atoms with Gasteiger partial charge in [-0.3, -0.25) is 9.59 Å². The van der Waals surface area contributed by atoms with Crippen LogP contribution in [0, 0.1) is 5.92 Å². The lowest BCUT2D eigenvalue weighted by atomic mass is 10.0. The normalized spacial score (nSPS) is 18.0. The molecule has 9 heteroatoms. The molecule has 1 saturated heterocycles. The molecule has 0 unspecified atom stereocenters. The Morgan fingerprint density at radius 2 is 1.84 bits per heavy atom. The molecule has 1 aliphatic heterocycles. The smallest absolute Gasteiger partial charge is 0.243 e. The van der Waals surface area contributed by atoms with Gasteiger partial charge >= 0.3 is 0 Å². The molecule has 2 amide bonds. The highest BCUT2D eigenvalue weighted by Crippen LogP contribution is 2.27. The zero-order valence-electron chi connectivity index (χ0n) is 18.2. The average molecular weight is 478 g/mol. The first-order valence-electron chi connectivity index (χ1n) is 10.6. The molecule has 0 aliphatic carbocycles. The van der Waals surface area contributed by atoms with Crippen molar-refractivity contribution in [1.82, 2.24) is 9.62 Å². The molecule has 172 valence electrons. The molecular weight excluding hydrogens is 450 g/mol. The fraction of sp³-hybridized carbons (Fsp3) is 0.391. The molecule has 0 bridgehead atoms. The van der Waals surface area contributed by atoms with Crippen LogP contribution in [-0.4, -0.2) is 37.6 Å². The molecule has 2 N–H and O–H groups in total. The van der Waals surface area contributed by atoms with E-state index in [9.17, 15) is 18.0 Å². The van der Waals surface area contributed by atoms with Crippen LogP contribution >= 0.6 is 11.6 Å². The van der Waals surface area contributed by atoms with Crippen molar-refractivity contribution in [3.63, 3.8) is 0 Å². The summed E-state index contributed by atoms with van der Waals surface area (Å²) in [5.74, 6) is -0.264. The molecule has 2 aromatic rings. The summed E-state index contributed by atoms with van der Waals surface area (Å²) in [6.45, 7) is 4.48. The zero-order valence-corrected chi connectivity index (χ0v) is 19.7. The minimum atomic E-state index is -3.55. The molecule has 0 radical (unpaired) electrons. The number of sulfonamides is 1. The Hall–Kier alpha value is -2.42. The van der Waals surface area contributed by atoms with E-state index < -0.39 is 16.1 Å². The van der Waals surface area contributed by atoms with Gasteiger partial charge in [-0.2, -0.15) is 4.31 Å². The summed E-state index contributed by atoms with van der Waals surface area (Å²) in [5.41, 5.74) is 1.12. The fourth-order valence-electron chi connectivity index (χ4n) is 3.86. The van der Waals surface area contributed by atoms with Crippen LogP contribution in [-0.2, 0) is 19.6 Å². The monoisotopic (exact) mass is 477 g/mol. The van der Waals surface area contributed by atoms with Crippen molar-refractivity contribution in [2.45, 2.75) is 44.0 Å². The standard InChI is InChI=1S/C23H28ClN3O4S/c1-16-6-5-13-27(15-16)32(30,31)19-11-9-18(10-12-19)26-23(29)14-22(25-17(2)28)20-7-3-4-8-21(20)24/h3-4,7-12,16,22H,5-6,13-15H2,1-2H3,(H,25,28)(H,26,29)/t16-,22-/m1/s1. The second-order valence-corrected chi connectivity index (χ2v) is 10.5. The summed E-state index contributed by atoms with van der Waals surface area (Å²) in [7, 11) is -3.55. The van der Waals surface area contributed by atoms with Crippen LogP contribution in [0.3, 0.4) is 0 Å². The highest BCUT2D eigenvalue weighted by Gasteiger charge is 2.28. The summed E-state index contributed by atoms with van der Waals surface area (Å²) in [6.07, 6.45) is 1.87. The van der Waals surface area contributed by atoms with Gasteiger partial charge in [-0.15, -0.1) is 0 Å². The van der Waals surface area contributed by atoms with E-state index >= 15 is 0 Å². The first-order valence-corrected chi connectivity index (χ1v) is 12.4. The Bertz CT molecular complexity index is 1070. The summed E-state index contributed by atoms with van der Waals surface area (Å²) in [6, 6.07) is 12.6. The van der Waals surface area contributed by atoms with E-state index in [0.29, 0.717) is 35.3 Å². The summed E-state index contributed by atoms with van der Waals surface area (Å²) in [4.78, 5) is 24.4. The molecule has 1 heterocycles. The molecular formula is C23H28ClN3O4S. The van der Waals surface area contributed by atoms with E-state index in [2.05, 4.69) is 17.6 Å². The van der Waals surface area contributed by atoms with E-state index in [-0.39, 0.29) is 23.1 Å². The first kappa shape index (κ1) is 24.2. The minimum absolute atomic E-state index is 0.0188. The van der Waals surface area contributed by atoms with Gasteiger partial charge in [0.05, 0.1) is 17.4 Å². The van der Waals surface area contributed by atoms with Crippen molar-refractivity contribution in [2.24, 2.45) is 5.92 Å². The summed E-state index contributed by atoms with van der Waals surface area (Å²) < 4.78 is 27.3. The summed E-state index contributed by atoms with van der Waals surface area (Å²) >= 11 is 6.24. The van der Waals surface area contributed by atoms with Gasteiger partial charge in [0.25, 0.3) is 0 Å². The number of carbonyl (C=O) groups is 2. The predicted octanol–water partition coefficient (Wildman–Crippen LogP) is 3.97. The third-order valence-corrected chi connectivity index (χ3v) is 7.67. The number of rotatable bonds is 7. The maximum atomic E-state index is 12.9. The third-order valence-electron chi connectivity index (χ3n) is 5.44. The lowest BCUT2D eigenvalue weighted by Gasteiger charge is -2.30. The van der Waals surface area contributed by atoms with Gasteiger partial charge in [-0.1, -0.05) is 36.7 Å². The Kier molecular flexibility index (Phi) is 7.92. The largest absolute Gasteiger partial charge is 0.349 e. The number of carbonyl (C=O) groups excluding carboxylic acids is 2. The number of nitrogens with zero attached hydrogens (tertiary/aromatic N) is 1. The SMILES string of the molecule is CC(=O)N[C@H](CC(=O)Nc1ccc(S(=O)(=O)N2CCC[C@@H](C)C2)cc1)c1ccccc1Cl. The number of nitrogens with one attached hydrogen (secondary N) is 2. The number of hydrogen-bond acceptors (Lipinski definition) is 4. The number of piperidine rings is 1. The maximum Gasteiger partial charge on any atom is 0.243 e. The zero-order chi connectivity index (χ0) is 23.3. The van der Waals surface area contributed by atoms with Crippen molar-refractivity contribution >= 4 is 39.1 Å². The molecule has 1 aliphatic rings. The Morgan fingerprint density at radius 3 is 2.47 bits per heavy atom. The van der Waals surface area contributed by atoms with Gasteiger partial charge in [0.1, 0.15) is 0 Å². The topological polar surface area (TPSA) is 95.6 Å². The van der Waals surface area contributed by atoms with E-state index in [1.54, 1.807) is 36.4 Å². The van der Waals surface area contributed by atoms with Crippen molar-refractivity contribution in [3.8, 4) is 0 Å². The van der Waals surface area contributed by atoms with Crippen molar-refractivity contribution < 1.29 is 18.0 Å². The van der Waals surface area contributed by atoms with Crippen molar-refractivity contribution in [1.29, 1.82) is 0 Å². The van der Waals surface area contributed by atoms with Gasteiger partial charge in [0.2, 0.25) is 21.8 Å². The fourth-order valence-corrected chi connectivity index (χ4v) is 5.73. The van der Waals surface area contributed by atoms with E-state index in [4.69, 9.17) is 11.6 Å². The van der Waals surface area contributed by atoms with Gasteiger partial charge in [0.15, 0.2) is 0 Å². The number of halogens is 1. The van der Waals surface area contributed by atoms with Crippen LogP contribution < -0.4 is 10.6 Å². The van der Waals surface area contributed by atoms with Crippen LogP contribution in [0.15, 0.2) is 53.4 Å². The number of benzene rings is 2. The second kappa shape index (κ2) is 10.5. The molecule has 0 saturated carbocycles. The quantitative estimate of drug-likeness (QED) is 0.630. The Balaban J connectivity index is 1.68. The molecule has 0 aromatic heterocycles. The summed E-state index contributed by atoms with van der Waals surface area (Å²) in [5, 5.41) is 5.97. The van der Waals surface area contributed by atoms with E-state index in [1.807, 2.05) is 0 Å². The van der Waals surface area contributed by atoms with Crippen molar-refractivity contribution in [2.75, 3.05) is 18.4 Å². The molecule has 2 atom stereocenters. The van der Waals surface area contributed by atoms with Crippen LogP contribution in [0.5, 0.6) is 0 Å². The maximum absolute atomic E-state index is 12.9. The number of anilines is 1. The number of amides is 2. The van der Waals surface area contributed by atoms with Gasteiger partial charge in [-0.05, 0) is 54.7 Å². The van der Waals surface area contributed by atoms with E-state index in [1.165, 1.54) is 23.4 Å². The predicted molar refractivity (Wildman–Crippen MR) is 125 cm³/mol. The Labute approximate surface area is 194 Å². The molecule has 32 heavy (non-hydrogen) atoms. The minimum Gasteiger partial charge on any atom is -0.349 e. The van der Waals surface area contributed by atoms with Crippen LogP contribution in [0.2, 0.25) is 5.02 Å². The highest BCUT2D eigenvalue weighted by atomic mass is 35.5. The lowest BCUT2D eigenvalue weighted by molar-refractivity contribution is -0.120. The van der Waals surface area contributed by atoms with Crippen molar-refractivity contribution in [3.05, 3.63) is 59.1 Å². The average Bonchev–Trinajstić information content (AvgIpc) is 2.73. The molecule has 7 nitrogen and oxygen atoms in total.